The molecule has 0 saturated heterocycles. The Morgan fingerprint density at radius 1 is 1.00 bits per heavy atom. The van der Waals surface area contributed by atoms with Gasteiger partial charge in [-0.05, 0) is 54.3 Å². The first-order chi connectivity index (χ1) is 12.6. The summed E-state index contributed by atoms with van der Waals surface area (Å²) >= 11 is 1.47. The smallest absolute Gasteiger partial charge is 0.257 e. The van der Waals surface area contributed by atoms with E-state index in [-0.39, 0.29) is 18.7 Å². The molecule has 134 valence electrons. The zero-order valence-electron chi connectivity index (χ0n) is 14.2. The monoisotopic (exact) mass is 370 g/mol. The molecule has 0 spiro atoms. The van der Waals surface area contributed by atoms with E-state index in [4.69, 9.17) is 8.83 Å². The van der Waals surface area contributed by atoms with Gasteiger partial charge in [0.2, 0.25) is 0 Å². The van der Waals surface area contributed by atoms with E-state index in [1.807, 2.05) is 18.4 Å². The number of nitrogens with one attached hydrogen (secondary N) is 2. The Labute approximate surface area is 154 Å². The predicted molar refractivity (Wildman–Crippen MR) is 98.1 cm³/mol. The van der Waals surface area contributed by atoms with Crippen molar-refractivity contribution in [2.45, 2.75) is 20.0 Å². The summed E-state index contributed by atoms with van der Waals surface area (Å²) in [5, 5.41) is 7.34. The number of furan rings is 2. The average molecular weight is 370 g/mol. The van der Waals surface area contributed by atoms with Gasteiger partial charge in [0.15, 0.2) is 0 Å². The summed E-state index contributed by atoms with van der Waals surface area (Å²) in [5.74, 6) is 0.291. The van der Waals surface area contributed by atoms with Gasteiger partial charge in [0.1, 0.15) is 17.1 Å². The first-order valence-electron chi connectivity index (χ1n) is 8.00. The molecule has 2 N–H and O–H groups in total. The molecule has 0 radical (unpaired) electrons. The van der Waals surface area contributed by atoms with E-state index in [9.17, 15) is 9.59 Å². The topological polar surface area (TPSA) is 84.5 Å². The third-order valence-corrected chi connectivity index (χ3v) is 4.64. The lowest BCUT2D eigenvalue weighted by Crippen LogP contribution is -2.34. The lowest BCUT2D eigenvalue weighted by Gasteiger charge is -2.09. The molecule has 0 saturated carbocycles. The number of rotatable bonds is 7. The van der Waals surface area contributed by atoms with E-state index >= 15 is 0 Å². The molecular weight excluding hydrogens is 352 g/mol. The lowest BCUT2D eigenvalue weighted by atomic mass is 10.1. The zero-order valence-corrected chi connectivity index (χ0v) is 15.0. The molecule has 0 aliphatic carbocycles. The van der Waals surface area contributed by atoms with Crippen LogP contribution in [-0.4, -0.2) is 11.8 Å². The van der Waals surface area contributed by atoms with Gasteiger partial charge in [-0.2, -0.15) is 0 Å². The van der Waals surface area contributed by atoms with Gasteiger partial charge in [-0.3, -0.25) is 9.59 Å². The highest BCUT2D eigenvalue weighted by Crippen LogP contribution is 2.19. The fourth-order valence-corrected chi connectivity index (χ4v) is 3.11. The molecule has 3 rings (SSSR count). The summed E-state index contributed by atoms with van der Waals surface area (Å²) in [5.41, 5.74) is 1.04. The molecule has 3 heterocycles. The maximum Gasteiger partial charge on any atom is 0.257 e. The van der Waals surface area contributed by atoms with E-state index in [1.165, 1.54) is 23.9 Å². The number of hydrogen-bond acceptors (Lipinski definition) is 5. The third kappa shape index (κ3) is 4.52. The molecule has 0 atom stereocenters. The highest BCUT2D eigenvalue weighted by molar-refractivity contribution is 7.11. The second kappa shape index (κ2) is 8.35. The zero-order chi connectivity index (χ0) is 18.4. The molecule has 6 nitrogen and oxygen atoms in total. The fraction of sp³-hybridized carbons (Fsp3) is 0.158. The van der Waals surface area contributed by atoms with Crippen molar-refractivity contribution in [1.82, 2.24) is 10.6 Å². The van der Waals surface area contributed by atoms with Gasteiger partial charge in [0, 0.05) is 4.88 Å². The first-order valence-corrected chi connectivity index (χ1v) is 8.88. The van der Waals surface area contributed by atoms with Gasteiger partial charge < -0.3 is 19.5 Å². The van der Waals surface area contributed by atoms with E-state index in [2.05, 4.69) is 10.6 Å². The van der Waals surface area contributed by atoms with Crippen LogP contribution < -0.4 is 10.6 Å². The quantitative estimate of drug-likeness (QED) is 0.380. The Morgan fingerprint density at radius 2 is 1.58 bits per heavy atom. The molecule has 0 aromatic carbocycles. The van der Waals surface area contributed by atoms with E-state index in [0.717, 1.165) is 10.4 Å². The summed E-state index contributed by atoms with van der Waals surface area (Å²) in [4.78, 5) is 26.0. The van der Waals surface area contributed by atoms with Crippen LogP contribution in [0.1, 0.15) is 22.0 Å². The first kappa shape index (κ1) is 17.8. The van der Waals surface area contributed by atoms with Crippen LogP contribution in [0.15, 0.2) is 62.6 Å². The Bertz CT molecular complexity index is 840. The maximum absolute atomic E-state index is 12.6. The van der Waals surface area contributed by atoms with Crippen molar-refractivity contribution in [3.05, 3.63) is 75.8 Å². The van der Waals surface area contributed by atoms with Crippen LogP contribution in [0.3, 0.4) is 0 Å². The predicted octanol–water partition coefficient (Wildman–Crippen LogP) is 3.26. The van der Waals surface area contributed by atoms with Crippen LogP contribution in [0, 0.1) is 6.92 Å². The summed E-state index contributed by atoms with van der Waals surface area (Å²) in [6, 6.07) is 8.93. The van der Waals surface area contributed by atoms with Crippen molar-refractivity contribution >= 4 is 29.2 Å². The standard InChI is InChI=1S/C19H18N2O4S/c1-13-6-9-26-17(13)10-16(18(22)20-11-14-4-2-7-24-14)19(23)21-12-15-5-3-8-25-15/h2-10H,11-12H2,1H3,(H,20,22)(H,21,23). The maximum atomic E-state index is 12.6. The second-order valence-corrected chi connectivity index (χ2v) is 6.50. The number of carbonyl (C=O) groups is 2. The molecule has 7 heteroatoms. The molecule has 0 aliphatic heterocycles. The molecule has 3 aromatic rings. The average Bonchev–Trinajstić information content (AvgIpc) is 3.39. The minimum absolute atomic E-state index is 0.0358. The fourth-order valence-electron chi connectivity index (χ4n) is 2.25. The van der Waals surface area contributed by atoms with Crippen molar-refractivity contribution in [2.75, 3.05) is 0 Å². The summed E-state index contributed by atoms with van der Waals surface area (Å²) in [7, 11) is 0. The van der Waals surface area contributed by atoms with Gasteiger partial charge >= 0.3 is 0 Å². The van der Waals surface area contributed by atoms with Crippen molar-refractivity contribution in [2.24, 2.45) is 0 Å². The molecule has 0 fully saturated rings. The van der Waals surface area contributed by atoms with Gasteiger partial charge in [-0.15, -0.1) is 11.3 Å². The minimum Gasteiger partial charge on any atom is -0.467 e. The Morgan fingerprint density at radius 3 is 2.00 bits per heavy atom. The van der Waals surface area contributed by atoms with Crippen molar-refractivity contribution < 1.29 is 18.4 Å². The minimum atomic E-state index is -0.467. The third-order valence-electron chi connectivity index (χ3n) is 3.67. The molecule has 0 bridgehead atoms. The van der Waals surface area contributed by atoms with E-state index in [1.54, 1.807) is 30.3 Å². The van der Waals surface area contributed by atoms with Crippen LogP contribution >= 0.6 is 11.3 Å². The Balaban J connectivity index is 1.74. The number of thiophene rings is 1. The van der Waals surface area contributed by atoms with Crippen molar-refractivity contribution in [3.63, 3.8) is 0 Å². The lowest BCUT2D eigenvalue weighted by molar-refractivity contribution is -0.123. The summed E-state index contributed by atoms with van der Waals surface area (Å²) in [6.45, 7) is 2.34. The van der Waals surface area contributed by atoms with Crippen LogP contribution in [0.2, 0.25) is 0 Å². The van der Waals surface area contributed by atoms with Gasteiger partial charge in [0.05, 0.1) is 25.6 Å². The van der Waals surface area contributed by atoms with Crippen molar-refractivity contribution in [3.8, 4) is 0 Å². The molecule has 3 aromatic heterocycles. The molecular formula is C19H18N2O4S. The van der Waals surface area contributed by atoms with Crippen molar-refractivity contribution in [1.29, 1.82) is 0 Å². The van der Waals surface area contributed by atoms with E-state index in [0.29, 0.717) is 11.5 Å². The van der Waals surface area contributed by atoms with E-state index < -0.39 is 11.8 Å². The number of amides is 2. The molecule has 2 amide bonds. The SMILES string of the molecule is Cc1ccsc1C=C(C(=O)NCc1ccco1)C(=O)NCc1ccco1. The molecule has 0 aliphatic rings. The van der Waals surface area contributed by atoms with Gasteiger partial charge in [0.25, 0.3) is 11.8 Å². The highest BCUT2D eigenvalue weighted by Gasteiger charge is 2.19. The van der Waals surface area contributed by atoms with Gasteiger partial charge in [-0.1, -0.05) is 0 Å². The van der Waals surface area contributed by atoms with Crippen LogP contribution in [0.5, 0.6) is 0 Å². The Kier molecular flexibility index (Phi) is 5.70. The number of carbonyl (C=O) groups excluding carboxylic acids is 2. The highest BCUT2D eigenvalue weighted by atomic mass is 32.1. The number of hydrogen-bond donors (Lipinski definition) is 2. The Hall–Kier alpha value is -3.06. The largest absolute Gasteiger partial charge is 0.467 e. The molecule has 26 heavy (non-hydrogen) atoms. The van der Waals surface area contributed by atoms with Crippen LogP contribution in [0.4, 0.5) is 0 Å². The molecule has 0 unspecified atom stereocenters. The summed E-state index contributed by atoms with van der Waals surface area (Å²) < 4.78 is 10.4. The summed E-state index contributed by atoms with van der Waals surface area (Å²) in [6.07, 6.45) is 4.67. The second-order valence-electron chi connectivity index (χ2n) is 5.55. The van der Waals surface area contributed by atoms with Crippen LogP contribution in [-0.2, 0) is 22.7 Å². The van der Waals surface area contributed by atoms with Crippen LogP contribution in [0.25, 0.3) is 6.08 Å². The van der Waals surface area contributed by atoms with Gasteiger partial charge in [-0.25, -0.2) is 0 Å². The normalized spacial score (nSPS) is 10.3. The number of aryl methyl sites for hydroxylation is 1.